The molecule has 0 heterocycles. The molecular formula is C13H20BrNO4S. The Morgan fingerprint density at radius 3 is 2.45 bits per heavy atom. The third kappa shape index (κ3) is 5.30. The highest BCUT2D eigenvalue weighted by molar-refractivity contribution is 9.10. The first-order valence-electron chi connectivity index (χ1n) is 6.08. The molecule has 1 aromatic carbocycles. The summed E-state index contributed by atoms with van der Waals surface area (Å²) < 4.78 is 33.7. The lowest BCUT2D eigenvalue weighted by molar-refractivity contribution is 0.352. The van der Waals surface area contributed by atoms with Crippen molar-refractivity contribution >= 4 is 25.8 Å². The van der Waals surface area contributed by atoms with Gasteiger partial charge in [-0.15, -0.1) is 0 Å². The van der Waals surface area contributed by atoms with E-state index in [4.69, 9.17) is 9.47 Å². The highest BCUT2D eigenvalue weighted by Gasteiger charge is 2.13. The summed E-state index contributed by atoms with van der Waals surface area (Å²) in [6, 6.07) is 3.67. The molecule has 0 amide bonds. The van der Waals surface area contributed by atoms with Crippen LogP contribution in [0.3, 0.4) is 0 Å². The zero-order valence-corrected chi connectivity index (χ0v) is 14.5. The molecule has 1 unspecified atom stereocenters. The number of benzene rings is 1. The van der Waals surface area contributed by atoms with Gasteiger partial charge in [0.05, 0.1) is 24.4 Å². The largest absolute Gasteiger partial charge is 0.493 e. The van der Waals surface area contributed by atoms with Crippen molar-refractivity contribution in [1.29, 1.82) is 0 Å². The van der Waals surface area contributed by atoms with E-state index >= 15 is 0 Å². The molecule has 1 rings (SSSR count). The third-order valence-corrected chi connectivity index (χ3v) is 4.40. The van der Waals surface area contributed by atoms with Crippen LogP contribution in [0.1, 0.15) is 12.5 Å². The van der Waals surface area contributed by atoms with Gasteiger partial charge in [0.15, 0.2) is 11.5 Å². The number of sulfone groups is 1. The molecule has 0 saturated heterocycles. The average Bonchev–Trinajstić information content (AvgIpc) is 2.33. The molecule has 0 saturated carbocycles. The molecule has 0 spiro atoms. The fourth-order valence-corrected chi connectivity index (χ4v) is 3.56. The zero-order valence-electron chi connectivity index (χ0n) is 12.1. The van der Waals surface area contributed by atoms with Crippen LogP contribution < -0.4 is 14.8 Å². The van der Waals surface area contributed by atoms with Crippen molar-refractivity contribution in [1.82, 2.24) is 5.32 Å². The summed E-state index contributed by atoms with van der Waals surface area (Å²) in [4.78, 5) is 0. The van der Waals surface area contributed by atoms with E-state index < -0.39 is 9.84 Å². The topological polar surface area (TPSA) is 64.6 Å². The summed E-state index contributed by atoms with van der Waals surface area (Å²) >= 11 is 3.43. The summed E-state index contributed by atoms with van der Waals surface area (Å²) in [5.41, 5.74) is 0.981. The molecule has 0 aliphatic heterocycles. The fourth-order valence-electron chi connectivity index (χ4n) is 1.88. The minimum absolute atomic E-state index is 0.113. The highest BCUT2D eigenvalue weighted by Crippen LogP contribution is 2.36. The van der Waals surface area contributed by atoms with Crippen molar-refractivity contribution in [2.75, 3.05) is 26.2 Å². The van der Waals surface area contributed by atoms with Gasteiger partial charge >= 0.3 is 0 Å². The van der Waals surface area contributed by atoms with Gasteiger partial charge in [0.2, 0.25) is 0 Å². The second kappa shape index (κ2) is 7.28. The van der Waals surface area contributed by atoms with Gasteiger partial charge in [-0.1, -0.05) is 0 Å². The highest BCUT2D eigenvalue weighted by atomic mass is 79.9. The van der Waals surface area contributed by atoms with Crippen LogP contribution in [0, 0.1) is 0 Å². The molecule has 1 aromatic rings. The summed E-state index contributed by atoms with van der Waals surface area (Å²) in [7, 11) is 0.179. The maximum absolute atomic E-state index is 11.2. The number of halogens is 1. The van der Waals surface area contributed by atoms with Crippen LogP contribution in [0.4, 0.5) is 0 Å². The summed E-state index contributed by atoms with van der Waals surface area (Å²) in [6.07, 6.45) is 1.23. The maximum Gasteiger partial charge on any atom is 0.174 e. The zero-order chi connectivity index (χ0) is 15.3. The smallest absolute Gasteiger partial charge is 0.174 e. The predicted molar refractivity (Wildman–Crippen MR) is 83.3 cm³/mol. The second-order valence-electron chi connectivity index (χ2n) is 4.69. The van der Waals surface area contributed by atoms with Crippen LogP contribution in [-0.4, -0.2) is 40.7 Å². The number of methoxy groups -OCH3 is 2. The van der Waals surface area contributed by atoms with Crippen LogP contribution in [-0.2, 0) is 16.4 Å². The van der Waals surface area contributed by atoms with Crippen LogP contribution >= 0.6 is 15.9 Å². The van der Waals surface area contributed by atoms with E-state index in [-0.39, 0.29) is 11.8 Å². The van der Waals surface area contributed by atoms with E-state index in [1.54, 1.807) is 14.2 Å². The third-order valence-electron chi connectivity index (χ3n) is 2.70. The number of rotatable bonds is 7. The van der Waals surface area contributed by atoms with E-state index in [0.29, 0.717) is 18.0 Å². The molecule has 114 valence electrons. The fraction of sp³-hybridized carbons (Fsp3) is 0.538. The minimum Gasteiger partial charge on any atom is -0.493 e. The van der Waals surface area contributed by atoms with Gasteiger partial charge in [0, 0.05) is 18.8 Å². The molecule has 0 fully saturated rings. The Hall–Kier alpha value is -0.790. The van der Waals surface area contributed by atoms with Gasteiger partial charge in [-0.2, -0.15) is 0 Å². The van der Waals surface area contributed by atoms with E-state index in [1.807, 2.05) is 19.1 Å². The molecule has 1 atom stereocenters. The monoisotopic (exact) mass is 365 g/mol. The maximum atomic E-state index is 11.2. The molecular weight excluding hydrogens is 346 g/mol. The van der Waals surface area contributed by atoms with E-state index in [1.165, 1.54) is 6.26 Å². The summed E-state index contributed by atoms with van der Waals surface area (Å²) in [5, 5.41) is 3.18. The lowest BCUT2D eigenvalue weighted by Gasteiger charge is -2.15. The van der Waals surface area contributed by atoms with Crippen LogP contribution in [0.5, 0.6) is 11.5 Å². The van der Waals surface area contributed by atoms with E-state index in [2.05, 4.69) is 21.2 Å². The second-order valence-corrected chi connectivity index (χ2v) is 7.73. The molecule has 0 aliphatic rings. The first-order valence-corrected chi connectivity index (χ1v) is 8.93. The van der Waals surface area contributed by atoms with Gasteiger partial charge in [-0.05, 0) is 40.5 Å². The van der Waals surface area contributed by atoms with Crippen molar-refractivity contribution in [2.24, 2.45) is 0 Å². The van der Waals surface area contributed by atoms with Gasteiger partial charge in [0.1, 0.15) is 9.84 Å². The van der Waals surface area contributed by atoms with Crippen molar-refractivity contribution < 1.29 is 17.9 Å². The van der Waals surface area contributed by atoms with Crippen molar-refractivity contribution in [3.63, 3.8) is 0 Å². The number of hydrogen-bond donors (Lipinski definition) is 1. The molecule has 0 radical (unpaired) electrons. The number of nitrogens with one attached hydrogen (secondary N) is 1. The van der Waals surface area contributed by atoms with Crippen molar-refractivity contribution in [2.45, 2.75) is 19.5 Å². The SMILES string of the molecule is COc1cc(CNC(C)CS(C)(=O)=O)cc(Br)c1OC. The lowest BCUT2D eigenvalue weighted by atomic mass is 10.2. The Morgan fingerprint density at radius 2 is 1.95 bits per heavy atom. The molecule has 7 heteroatoms. The predicted octanol–water partition coefficient (Wildman–Crippen LogP) is 1.99. The normalized spacial score (nSPS) is 13.1. The van der Waals surface area contributed by atoms with Gasteiger partial charge < -0.3 is 14.8 Å². The quantitative estimate of drug-likeness (QED) is 0.800. The minimum atomic E-state index is -2.98. The molecule has 20 heavy (non-hydrogen) atoms. The number of ether oxygens (including phenoxy) is 2. The first-order chi connectivity index (χ1) is 9.26. The Bertz CT molecular complexity index is 560. The summed E-state index contributed by atoms with van der Waals surface area (Å²) in [5.74, 6) is 1.39. The average molecular weight is 366 g/mol. The van der Waals surface area contributed by atoms with Crippen molar-refractivity contribution in [3.8, 4) is 11.5 Å². The molecule has 0 aliphatic carbocycles. The Morgan fingerprint density at radius 1 is 1.30 bits per heavy atom. The van der Waals surface area contributed by atoms with Crippen LogP contribution in [0.25, 0.3) is 0 Å². The lowest BCUT2D eigenvalue weighted by Crippen LogP contribution is -2.32. The van der Waals surface area contributed by atoms with Gasteiger partial charge in [0.25, 0.3) is 0 Å². The van der Waals surface area contributed by atoms with Crippen LogP contribution in [0.15, 0.2) is 16.6 Å². The summed E-state index contributed by atoms with van der Waals surface area (Å²) in [6.45, 7) is 2.40. The van der Waals surface area contributed by atoms with E-state index in [0.717, 1.165) is 10.0 Å². The van der Waals surface area contributed by atoms with Gasteiger partial charge in [-0.25, -0.2) is 8.42 Å². The first kappa shape index (κ1) is 17.3. The molecule has 0 bridgehead atoms. The molecule has 0 aromatic heterocycles. The standard InChI is InChI=1S/C13H20BrNO4S/c1-9(8-20(4,16)17)15-7-10-5-11(14)13(19-3)12(6-10)18-2/h5-6,9,15H,7-8H2,1-4H3. The molecule has 1 N–H and O–H groups in total. The molecule has 5 nitrogen and oxygen atoms in total. The van der Waals surface area contributed by atoms with Crippen LogP contribution in [0.2, 0.25) is 0 Å². The number of hydrogen-bond acceptors (Lipinski definition) is 5. The Balaban J connectivity index is 2.76. The van der Waals surface area contributed by atoms with Crippen molar-refractivity contribution in [3.05, 3.63) is 22.2 Å². The van der Waals surface area contributed by atoms with Gasteiger partial charge in [-0.3, -0.25) is 0 Å². The Labute approximate surface area is 128 Å². The Kier molecular flexibility index (Phi) is 6.29. The van der Waals surface area contributed by atoms with E-state index in [9.17, 15) is 8.42 Å².